The molecule has 1 heterocycles. The lowest BCUT2D eigenvalue weighted by Crippen LogP contribution is -2.17. The van der Waals surface area contributed by atoms with E-state index >= 15 is 0 Å². The zero-order valence-corrected chi connectivity index (χ0v) is 8.82. The Hall–Kier alpha value is -1.62. The van der Waals surface area contributed by atoms with Crippen molar-refractivity contribution in [2.75, 3.05) is 12.8 Å². The zero-order valence-electron chi connectivity index (χ0n) is 8.00. The molecular weight excluding hydrogens is 215 g/mol. The molecule has 0 aliphatic heterocycles. The molecule has 0 atom stereocenters. The molecule has 0 aliphatic rings. The molecule has 0 saturated heterocycles. The highest BCUT2D eigenvalue weighted by Gasteiger charge is 2.15. The van der Waals surface area contributed by atoms with E-state index in [-0.39, 0.29) is 11.7 Å². The van der Waals surface area contributed by atoms with Gasteiger partial charge < -0.3 is 11.1 Å². The Balaban J connectivity index is 2.69. The number of thiophene rings is 1. The Morgan fingerprint density at radius 1 is 1.53 bits per heavy atom. The molecule has 3 N–H and O–H groups in total. The Kier molecular flexibility index (Phi) is 2.32. The van der Waals surface area contributed by atoms with Gasteiger partial charge in [-0.1, -0.05) is 0 Å². The summed E-state index contributed by atoms with van der Waals surface area (Å²) in [6.45, 7) is 0. The highest BCUT2D eigenvalue weighted by molar-refractivity contribution is 7.21. The second kappa shape index (κ2) is 3.51. The number of nitrogen functional groups attached to an aromatic ring is 1. The fourth-order valence-corrected chi connectivity index (χ4v) is 2.42. The number of amides is 1. The van der Waals surface area contributed by atoms with Crippen molar-refractivity contribution in [2.24, 2.45) is 0 Å². The number of nitrogens with one attached hydrogen (secondary N) is 1. The van der Waals surface area contributed by atoms with Crippen molar-refractivity contribution in [1.29, 1.82) is 0 Å². The first-order chi connectivity index (χ1) is 7.13. The largest absolute Gasteiger partial charge is 0.397 e. The topological polar surface area (TPSA) is 55.1 Å². The molecule has 1 aromatic heterocycles. The van der Waals surface area contributed by atoms with Crippen LogP contribution in [0.5, 0.6) is 0 Å². The number of nitrogens with two attached hydrogens (primary N) is 1. The van der Waals surface area contributed by atoms with Gasteiger partial charge in [-0.2, -0.15) is 0 Å². The molecule has 0 unspecified atom stereocenters. The zero-order chi connectivity index (χ0) is 11.0. The van der Waals surface area contributed by atoms with E-state index in [1.54, 1.807) is 6.07 Å². The molecule has 1 aromatic carbocycles. The van der Waals surface area contributed by atoms with Crippen LogP contribution in [0.1, 0.15) is 9.67 Å². The number of anilines is 1. The van der Waals surface area contributed by atoms with Gasteiger partial charge in [0, 0.05) is 17.1 Å². The van der Waals surface area contributed by atoms with Crippen LogP contribution in [0, 0.1) is 5.82 Å². The van der Waals surface area contributed by atoms with E-state index in [0.29, 0.717) is 16.0 Å². The third-order valence-corrected chi connectivity index (χ3v) is 3.31. The van der Waals surface area contributed by atoms with Gasteiger partial charge in [-0.25, -0.2) is 4.39 Å². The van der Waals surface area contributed by atoms with E-state index < -0.39 is 0 Å². The minimum absolute atomic E-state index is 0.242. The van der Waals surface area contributed by atoms with Crippen LogP contribution in [-0.4, -0.2) is 13.0 Å². The molecule has 5 heteroatoms. The highest BCUT2D eigenvalue weighted by atomic mass is 32.1. The Labute approximate surface area is 89.7 Å². The van der Waals surface area contributed by atoms with Crippen LogP contribution < -0.4 is 11.1 Å². The summed E-state index contributed by atoms with van der Waals surface area (Å²) in [6, 6.07) is 4.32. The normalized spacial score (nSPS) is 10.5. The van der Waals surface area contributed by atoms with Crippen LogP contribution in [0.25, 0.3) is 10.1 Å². The maximum absolute atomic E-state index is 13.0. The van der Waals surface area contributed by atoms with Gasteiger partial charge in [0.05, 0.1) is 5.69 Å². The summed E-state index contributed by atoms with van der Waals surface area (Å²) in [5.74, 6) is -0.593. The molecule has 3 nitrogen and oxygen atoms in total. The Bertz CT molecular complexity index is 535. The van der Waals surface area contributed by atoms with E-state index in [0.717, 1.165) is 4.70 Å². The van der Waals surface area contributed by atoms with Gasteiger partial charge in [-0.3, -0.25) is 4.79 Å². The predicted octanol–water partition coefficient (Wildman–Crippen LogP) is 1.98. The maximum Gasteiger partial charge on any atom is 0.263 e. The molecule has 2 rings (SSSR count). The van der Waals surface area contributed by atoms with Gasteiger partial charge in [-0.15, -0.1) is 11.3 Å². The third kappa shape index (κ3) is 1.55. The van der Waals surface area contributed by atoms with Crippen LogP contribution in [0.3, 0.4) is 0 Å². The molecule has 1 amide bonds. The van der Waals surface area contributed by atoms with E-state index in [9.17, 15) is 9.18 Å². The molecule has 0 aliphatic carbocycles. The predicted molar refractivity (Wildman–Crippen MR) is 59.6 cm³/mol. The summed E-state index contributed by atoms with van der Waals surface area (Å²) in [7, 11) is 1.53. The average molecular weight is 224 g/mol. The van der Waals surface area contributed by atoms with Crippen LogP contribution >= 0.6 is 11.3 Å². The summed E-state index contributed by atoms with van der Waals surface area (Å²) in [5.41, 5.74) is 6.11. The van der Waals surface area contributed by atoms with Gasteiger partial charge in [-0.05, 0) is 18.2 Å². The molecule has 0 saturated carbocycles. The summed E-state index contributed by atoms with van der Waals surface area (Å²) in [6.07, 6.45) is 0. The smallest absolute Gasteiger partial charge is 0.263 e. The van der Waals surface area contributed by atoms with Crippen molar-refractivity contribution < 1.29 is 9.18 Å². The van der Waals surface area contributed by atoms with Crippen molar-refractivity contribution in [3.05, 3.63) is 28.9 Å². The third-order valence-electron chi connectivity index (χ3n) is 2.12. The van der Waals surface area contributed by atoms with Crippen molar-refractivity contribution >= 4 is 33.0 Å². The number of carbonyl (C=O) groups excluding carboxylic acids is 1. The average Bonchev–Trinajstić information content (AvgIpc) is 2.55. The summed E-state index contributed by atoms with van der Waals surface area (Å²) in [5, 5.41) is 3.09. The van der Waals surface area contributed by atoms with Crippen molar-refractivity contribution in [2.45, 2.75) is 0 Å². The quantitative estimate of drug-likeness (QED) is 0.778. The molecule has 0 spiro atoms. The first-order valence-corrected chi connectivity index (χ1v) is 5.14. The van der Waals surface area contributed by atoms with Crippen LogP contribution in [0.4, 0.5) is 10.1 Å². The second-order valence-electron chi connectivity index (χ2n) is 3.06. The number of halogens is 1. The molecular formula is C10H9FN2OS. The molecule has 78 valence electrons. The van der Waals surface area contributed by atoms with Gasteiger partial charge in [0.15, 0.2) is 0 Å². The number of fused-ring (bicyclic) bond motifs is 1. The lowest BCUT2D eigenvalue weighted by Gasteiger charge is -1.96. The minimum Gasteiger partial charge on any atom is -0.397 e. The highest BCUT2D eigenvalue weighted by Crippen LogP contribution is 2.33. The molecule has 2 aromatic rings. The van der Waals surface area contributed by atoms with E-state index in [1.165, 1.54) is 30.5 Å². The monoisotopic (exact) mass is 224 g/mol. The molecule has 0 bridgehead atoms. The molecule has 0 radical (unpaired) electrons. The SMILES string of the molecule is CNC(=O)c1sc2ccc(F)cc2c1N. The minimum atomic E-state index is -0.351. The van der Waals surface area contributed by atoms with Gasteiger partial charge in [0.25, 0.3) is 5.91 Å². The maximum atomic E-state index is 13.0. The molecule has 15 heavy (non-hydrogen) atoms. The Morgan fingerprint density at radius 3 is 2.93 bits per heavy atom. The second-order valence-corrected chi connectivity index (χ2v) is 4.12. The fraction of sp³-hybridized carbons (Fsp3) is 0.100. The van der Waals surface area contributed by atoms with Gasteiger partial charge >= 0.3 is 0 Å². The van der Waals surface area contributed by atoms with E-state index in [2.05, 4.69) is 5.32 Å². The number of benzene rings is 1. The summed E-state index contributed by atoms with van der Waals surface area (Å²) in [4.78, 5) is 11.8. The molecule has 0 fully saturated rings. The number of carbonyl (C=O) groups is 1. The lowest BCUT2D eigenvalue weighted by molar-refractivity contribution is 0.0968. The number of hydrogen-bond donors (Lipinski definition) is 2. The van der Waals surface area contributed by atoms with E-state index in [4.69, 9.17) is 5.73 Å². The standard InChI is InChI=1S/C10H9FN2OS/c1-13-10(14)9-8(12)6-4-5(11)2-3-7(6)15-9/h2-4H,12H2,1H3,(H,13,14). The van der Waals surface area contributed by atoms with Crippen molar-refractivity contribution in [3.8, 4) is 0 Å². The number of hydrogen-bond acceptors (Lipinski definition) is 3. The first-order valence-electron chi connectivity index (χ1n) is 4.33. The van der Waals surface area contributed by atoms with Crippen LogP contribution in [-0.2, 0) is 0 Å². The summed E-state index contributed by atoms with van der Waals surface area (Å²) >= 11 is 1.26. The van der Waals surface area contributed by atoms with Crippen LogP contribution in [0.15, 0.2) is 18.2 Å². The van der Waals surface area contributed by atoms with Crippen molar-refractivity contribution in [3.63, 3.8) is 0 Å². The van der Waals surface area contributed by atoms with Crippen LogP contribution in [0.2, 0.25) is 0 Å². The van der Waals surface area contributed by atoms with E-state index in [1.807, 2.05) is 0 Å². The Morgan fingerprint density at radius 2 is 2.27 bits per heavy atom. The fourth-order valence-electron chi connectivity index (χ4n) is 1.37. The number of rotatable bonds is 1. The van der Waals surface area contributed by atoms with Crippen molar-refractivity contribution in [1.82, 2.24) is 5.32 Å². The van der Waals surface area contributed by atoms with Gasteiger partial charge in [0.2, 0.25) is 0 Å². The first kappa shape index (κ1) is 9.92. The summed E-state index contributed by atoms with van der Waals surface area (Å²) < 4.78 is 13.8. The van der Waals surface area contributed by atoms with Gasteiger partial charge in [0.1, 0.15) is 10.7 Å². The lowest BCUT2D eigenvalue weighted by atomic mass is 10.2.